The second-order valence-corrected chi connectivity index (χ2v) is 9.54. The number of carboxylic acids is 1. The van der Waals surface area contributed by atoms with Crippen LogP contribution in [0.1, 0.15) is 65.0 Å². The number of para-hydroxylation sites is 1. The van der Waals surface area contributed by atoms with E-state index in [4.69, 9.17) is 14.6 Å². The number of Topliss-reactive ketones (excluding diaryl/α,β-unsaturated/α-hetero) is 1. The Morgan fingerprint density at radius 1 is 1.00 bits per heavy atom. The first-order valence-corrected chi connectivity index (χ1v) is 13.3. The Morgan fingerprint density at radius 3 is 2.24 bits per heavy atom. The van der Waals surface area contributed by atoms with Gasteiger partial charge in [-0.15, -0.1) is 0 Å². The smallest absolute Gasteiger partial charge is 0.311 e. The van der Waals surface area contributed by atoms with Gasteiger partial charge in [0.05, 0.1) is 6.42 Å². The molecule has 0 spiro atoms. The molecular weight excluding hydrogens is 488 g/mol. The molecule has 0 aliphatic heterocycles. The molecule has 0 aliphatic rings. The van der Waals surface area contributed by atoms with E-state index in [2.05, 4.69) is 73.6 Å². The molecule has 2 aromatic carbocycles. The maximum absolute atomic E-state index is 12.5. The van der Waals surface area contributed by atoms with Crippen molar-refractivity contribution >= 4 is 56.6 Å². The Morgan fingerprint density at radius 2 is 1.65 bits per heavy atom. The van der Waals surface area contributed by atoms with Crippen molar-refractivity contribution in [1.82, 2.24) is 0 Å². The molecule has 8 heteroatoms. The van der Waals surface area contributed by atoms with Crippen LogP contribution in [0.25, 0.3) is 21.9 Å². The molecule has 0 atom stereocenters. The number of allylic oxidation sites excluding steroid dienone is 1. The summed E-state index contributed by atoms with van der Waals surface area (Å²) in [6.07, 6.45) is 2.35. The van der Waals surface area contributed by atoms with Crippen molar-refractivity contribution in [2.75, 3.05) is 18.0 Å². The molecule has 37 heavy (non-hydrogen) atoms. The summed E-state index contributed by atoms with van der Waals surface area (Å²) in [6.45, 7) is 13.5. The lowest BCUT2D eigenvalue weighted by Gasteiger charge is -2.22. The van der Waals surface area contributed by atoms with E-state index in [0.29, 0.717) is 5.75 Å². The summed E-state index contributed by atoms with van der Waals surface area (Å²) in [5.74, 6) is -0.968. The number of fused-ring (bicyclic) bond motifs is 1. The summed E-state index contributed by atoms with van der Waals surface area (Å²) in [7, 11) is 0. The topological polar surface area (TPSA) is 90.6 Å². The second kappa shape index (κ2) is 14.3. The van der Waals surface area contributed by atoms with Crippen molar-refractivity contribution in [2.24, 2.45) is 0 Å². The Kier molecular flexibility index (Phi) is 11.5. The van der Waals surface area contributed by atoms with Gasteiger partial charge in [-0.2, -0.15) is 4.57 Å². The Hall–Kier alpha value is -3.52. The standard InChI is InChI=1S/C27H33N2O3S.C2H4O2/c1-6-28(7-2)22-15-14-21(24(18-22)32-26(31)16-13-20(5)30)17-19(4)27-29(8-3)23-11-9-10-12-25(23)33-27;1-2(3)4/h9-12,14-15,17-18H,6-8,13,16H2,1-5H3;1H3,(H,3,4)/q+1;/p-1. The van der Waals surface area contributed by atoms with Crippen LogP contribution in [0, 0.1) is 0 Å². The van der Waals surface area contributed by atoms with E-state index >= 15 is 0 Å². The lowest BCUT2D eigenvalue weighted by Crippen LogP contribution is -2.34. The van der Waals surface area contributed by atoms with E-state index in [1.165, 1.54) is 22.1 Å². The molecule has 0 saturated carbocycles. The van der Waals surface area contributed by atoms with Crippen LogP contribution >= 0.6 is 11.3 Å². The fourth-order valence-corrected chi connectivity index (χ4v) is 5.10. The van der Waals surface area contributed by atoms with Crippen molar-refractivity contribution < 1.29 is 28.8 Å². The quantitative estimate of drug-likeness (QED) is 0.218. The highest BCUT2D eigenvalue weighted by Gasteiger charge is 2.21. The molecule has 0 N–H and O–H groups in total. The molecule has 0 bridgehead atoms. The van der Waals surface area contributed by atoms with Crippen LogP contribution in [0.2, 0.25) is 0 Å². The van der Waals surface area contributed by atoms with Crippen LogP contribution in [0.3, 0.4) is 0 Å². The molecule has 0 aliphatic carbocycles. The third kappa shape index (κ3) is 8.53. The van der Waals surface area contributed by atoms with Gasteiger partial charge in [-0.1, -0.05) is 23.5 Å². The molecule has 3 rings (SSSR count). The Labute approximate surface area is 223 Å². The summed E-state index contributed by atoms with van der Waals surface area (Å²) < 4.78 is 9.32. The van der Waals surface area contributed by atoms with Gasteiger partial charge >= 0.3 is 5.97 Å². The zero-order valence-electron chi connectivity index (χ0n) is 22.5. The summed E-state index contributed by atoms with van der Waals surface area (Å²) >= 11 is 1.76. The van der Waals surface area contributed by atoms with E-state index in [1.807, 2.05) is 12.1 Å². The van der Waals surface area contributed by atoms with Crippen molar-refractivity contribution in [2.45, 2.75) is 60.9 Å². The second-order valence-electron chi connectivity index (χ2n) is 8.51. The molecule has 1 aromatic heterocycles. The minimum Gasteiger partial charge on any atom is -0.550 e. The normalized spacial score (nSPS) is 11.0. The number of anilines is 1. The number of rotatable bonds is 10. The zero-order valence-corrected chi connectivity index (χ0v) is 23.3. The van der Waals surface area contributed by atoms with Gasteiger partial charge in [-0.3, -0.25) is 4.79 Å². The van der Waals surface area contributed by atoms with Gasteiger partial charge in [0.1, 0.15) is 22.8 Å². The van der Waals surface area contributed by atoms with E-state index in [-0.39, 0.29) is 24.6 Å². The molecule has 3 aromatic rings. The highest BCUT2D eigenvalue weighted by Crippen LogP contribution is 2.32. The van der Waals surface area contributed by atoms with Gasteiger partial charge in [0.15, 0.2) is 0 Å². The first kappa shape index (κ1) is 29.7. The Bertz CT molecular complexity index is 1270. The van der Waals surface area contributed by atoms with Gasteiger partial charge in [-0.05, 0) is 65.8 Å². The number of aromatic nitrogens is 1. The lowest BCUT2D eigenvalue weighted by atomic mass is 10.1. The van der Waals surface area contributed by atoms with Gasteiger partial charge in [-0.25, -0.2) is 0 Å². The molecule has 7 nitrogen and oxygen atoms in total. The molecule has 1 heterocycles. The average Bonchev–Trinajstić information content (AvgIpc) is 3.23. The van der Waals surface area contributed by atoms with Crippen molar-refractivity contribution in [3.63, 3.8) is 0 Å². The van der Waals surface area contributed by atoms with E-state index in [9.17, 15) is 9.59 Å². The minimum absolute atomic E-state index is 0.0197. The van der Waals surface area contributed by atoms with Crippen LogP contribution in [-0.4, -0.2) is 30.8 Å². The minimum atomic E-state index is -1.08. The molecule has 0 radical (unpaired) electrons. The third-order valence-electron chi connectivity index (χ3n) is 5.66. The summed E-state index contributed by atoms with van der Waals surface area (Å²) in [5.41, 5.74) is 4.18. The number of carbonyl (C=O) groups excluding carboxylic acids is 3. The number of hydrogen-bond donors (Lipinski definition) is 0. The molecule has 0 unspecified atom stereocenters. The number of ketones is 1. The fourth-order valence-electron chi connectivity index (χ4n) is 3.91. The number of ether oxygens (including phenoxy) is 1. The summed E-state index contributed by atoms with van der Waals surface area (Å²) in [5, 5.41) is 10.1. The van der Waals surface area contributed by atoms with Crippen molar-refractivity contribution in [1.29, 1.82) is 0 Å². The number of aryl methyl sites for hydroxylation is 1. The predicted molar refractivity (Wildman–Crippen MR) is 147 cm³/mol. The highest BCUT2D eigenvalue weighted by molar-refractivity contribution is 7.19. The summed E-state index contributed by atoms with van der Waals surface area (Å²) in [4.78, 5) is 34.9. The molecule has 198 valence electrons. The monoisotopic (exact) mass is 524 g/mol. The largest absolute Gasteiger partial charge is 0.550 e. The van der Waals surface area contributed by atoms with Crippen molar-refractivity contribution in [3.05, 3.63) is 53.0 Å². The number of benzene rings is 2. The lowest BCUT2D eigenvalue weighted by molar-refractivity contribution is -0.665. The zero-order chi connectivity index (χ0) is 27.5. The molecular formula is C29H36N2O5S. The highest BCUT2D eigenvalue weighted by atomic mass is 32.1. The van der Waals surface area contributed by atoms with Crippen molar-refractivity contribution in [3.8, 4) is 5.75 Å². The van der Waals surface area contributed by atoms with Crippen LogP contribution in [0.4, 0.5) is 5.69 Å². The SMILES string of the molecule is CC(=O)[O-].CCN(CC)c1ccc(/C=C(\C)c2sc3ccccc3[n+]2CC)c(OC(=O)CCC(C)=O)c1. The first-order valence-electron chi connectivity index (χ1n) is 12.5. The molecule has 0 fully saturated rings. The van der Waals surface area contributed by atoms with Crippen LogP contribution in [0.15, 0.2) is 42.5 Å². The number of esters is 1. The number of thiazole rings is 1. The fraction of sp³-hybridized carbons (Fsp3) is 0.379. The van der Waals surface area contributed by atoms with Gasteiger partial charge in [0.25, 0.3) is 5.01 Å². The number of nitrogens with zero attached hydrogens (tertiary/aromatic N) is 2. The maximum Gasteiger partial charge on any atom is 0.311 e. The summed E-state index contributed by atoms with van der Waals surface area (Å²) in [6, 6.07) is 14.4. The van der Waals surface area contributed by atoms with E-state index in [1.54, 1.807) is 11.3 Å². The van der Waals surface area contributed by atoms with Gasteiger partial charge < -0.3 is 24.3 Å². The number of hydrogen-bond acceptors (Lipinski definition) is 7. The molecule has 0 amide bonds. The van der Waals surface area contributed by atoms with Crippen LogP contribution in [-0.2, 0) is 20.9 Å². The van der Waals surface area contributed by atoms with Crippen LogP contribution < -0.4 is 19.3 Å². The van der Waals surface area contributed by atoms with Gasteiger partial charge in [0, 0.05) is 54.4 Å². The van der Waals surface area contributed by atoms with Crippen LogP contribution in [0.5, 0.6) is 5.75 Å². The third-order valence-corrected chi connectivity index (χ3v) is 6.96. The van der Waals surface area contributed by atoms with Gasteiger partial charge in [0.2, 0.25) is 5.52 Å². The Balaban J connectivity index is 0.00000112. The maximum atomic E-state index is 12.5. The number of carbonyl (C=O) groups is 3. The number of carboxylic acid groups (broad SMARTS) is 1. The van der Waals surface area contributed by atoms with E-state index in [0.717, 1.165) is 43.4 Å². The first-order chi connectivity index (χ1) is 17.6. The predicted octanol–water partition coefficient (Wildman–Crippen LogP) is 4.65. The van der Waals surface area contributed by atoms with E-state index < -0.39 is 5.97 Å². The molecule has 0 saturated heterocycles. The number of aliphatic carboxylic acids is 1. The average molecular weight is 525 g/mol.